The van der Waals surface area contributed by atoms with Crippen LogP contribution in [0.25, 0.3) is 10.9 Å². The SMILES string of the molecule is CCN(CC(O)C(Cc1ccc(OC(C)(O)c2csc(C)n2)cc1)NC(=O)OC1(C)C2CCOC2(C)OC1(C)O)S(=O)(=O)c1ccc2[nH]ncc2c1. The van der Waals surface area contributed by atoms with Gasteiger partial charge in [-0.25, -0.2) is 18.2 Å². The molecule has 4 aromatic rings. The molecule has 0 spiro atoms. The molecule has 2 fully saturated rings. The van der Waals surface area contributed by atoms with Crippen LogP contribution in [0.1, 0.15) is 57.3 Å². The molecule has 15 nitrogen and oxygen atoms in total. The van der Waals surface area contributed by atoms with Gasteiger partial charge in [0, 0.05) is 30.8 Å². The highest BCUT2D eigenvalue weighted by Gasteiger charge is 2.70. The van der Waals surface area contributed by atoms with Gasteiger partial charge < -0.3 is 39.6 Å². The molecule has 2 aromatic heterocycles. The predicted molar refractivity (Wildman–Crippen MR) is 190 cm³/mol. The van der Waals surface area contributed by atoms with E-state index in [1.54, 1.807) is 56.5 Å². The molecule has 5 N–H and O–H groups in total. The van der Waals surface area contributed by atoms with Crippen LogP contribution in [0.5, 0.6) is 5.75 Å². The Morgan fingerprint density at radius 2 is 1.96 bits per heavy atom. The molecule has 2 aliphatic heterocycles. The van der Waals surface area contributed by atoms with Crippen LogP contribution in [0.15, 0.2) is 58.9 Å². The number of aromatic nitrogens is 3. The first-order valence-corrected chi connectivity index (χ1v) is 19.3. The smallest absolute Gasteiger partial charge is 0.408 e. The fraction of sp³-hybridized carbons (Fsp3) is 0.514. The number of ether oxygens (including phenoxy) is 4. The Labute approximate surface area is 305 Å². The van der Waals surface area contributed by atoms with E-state index in [1.165, 1.54) is 43.5 Å². The Bertz CT molecular complexity index is 2020. The van der Waals surface area contributed by atoms with E-state index in [1.807, 2.05) is 6.92 Å². The molecule has 0 aliphatic carbocycles. The van der Waals surface area contributed by atoms with Crippen molar-refractivity contribution in [2.24, 2.45) is 5.92 Å². The highest BCUT2D eigenvalue weighted by atomic mass is 32.2. The largest absolute Gasteiger partial charge is 0.457 e. The van der Waals surface area contributed by atoms with E-state index in [9.17, 15) is 28.5 Å². The molecular weight excluding hydrogens is 715 g/mol. The van der Waals surface area contributed by atoms with Gasteiger partial charge in [0.1, 0.15) is 11.4 Å². The van der Waals surface area contributed by atoms with Crippen LogP contribution in [-0.4, -0.2) is 98.3 Å². The minimum absolute atomic E-state index is 0.0249. The highest BCUT2D eigenvalue weighted by molar-refractivity contribution is 7.89. The number of sulfonamides is 1. The van der Waals surface area contributed by atoms with Gasteiger partial charge in [0.2, 0.25) is 21.6 Å². The number of alkyl carbamates (subject to hydrolysis) is 1. The number of H-pyrrole nitrogens is 1. The van der Waals surface area contributed by atoms with Gasteiger partial charge in [-0.15, -0.1) is 11.3 Å². The number of rotatable bonds is 13. The minimum atomic E-state index is -4.08. The number of hydrogen-bond acceptors (Lipinski definition) is 13. The first-order valence-electron chi connectivity index (χ1n) is 17.0. The lowest BCUT2D eigenvalue weighted by molar-refractivity contribution is -0.306. The monoisotopic (exact) mass is 759 g/mol. The van der Waals surface area contributed by atoms with Crippen molar-refractivity contribution in [2.75, 3.05) is 19.7 Å². The number of nitrogens with zero attached hydrogens (tertiary/aromatic N) is 3. The summed E-state index contributed by atoms with van der Waals surface area (Å²) in [7, 11) is -4.08. The number of aromatic amines is 1. The molecule has 2 aliphatic rings. The van der Waals surface area contributed by atoms with Gasteiger partial charge >= 0.3 is 6.09 Å². The maximum atomic E-state index is 13.8. The van der Waals surface area contributed by atoms with Gasteiger partial charge in [0.25, 0.3) is 0 Å². The zero-order chi connectivity index (χ0) is 37.7. The van der Waals surface area contributed by atoms with Crippen molar-refractivity contribution in [3.05, 3.63) is 70.3 Å². The molecule has 0 saturated carbocycles. The van der Waals surface area contributed by atoms with Crippen molar-refractivity contribution in [1.29, 1.82) is 0 Å². The third kappa shape index (κ3) is 7.28. The maximum absolute atomic E-state index is 13.8. The van der Waals surface area contributed by atoms with Crippen LogP contribution in [0.2, 0.25) is 0 Å². The van der Waals surface area contributed by atoms with Crippen molar-refractivity contribution in [2.45, 2.75) is 94.4 Å². The third-order valence-corrected chi connectivity index (χ3v) is 12.8. The fourth-order valence-electron chi connectivity index (χ4n) is 7.03. The van der Waals surface area contributed by atoms with Crippen molar-refractivity contribution < 1.29 is 47.5 Å². The Kier molecular flexibility index (Phi) is 10.2. The van der Waals surface area contributed by atoms with E-state index in [4.69, 9.17) is 18.9 Å². The highest BCUT2D eigenvalue weighted by Crippen LogP contribution is 2.55. The number of carbonyl (C=O) groups excluding carboxylic acids is 1. The summed E-state index contributed by atoms with van der Waals surface area (Å²) in [5.74, 6) is -4.89. The lowest BCUT2D eigenvalue weighted by Gasteiger charge is -2.38. The van der Waals surface area contributed by atoms with Gasteiger partial charge in [0.15, 0.2) is 11.4 Å². The number of hydrogen-bond donors (Lipinski definition) is 5. The van der Waals surface area contributed by atoms with E-state index in [-0.39, 0.29) is 24.4 Å². The summed E-state index contributed by atoms with van der Waals surface area (Å²) in [4.78, 5) is 18.0. The van der Waals surface area contributed by atoms with Crippen LogP contribution >= 0.6 is 11.3 Å². The molecule has 7 unspecified atom stereocenters. The Morgan fingerprint density at radius 1 is 1.23 bits per heavy atom. The fourth-order valence-corrected chi connectivity index (χ4v) is 9.24. The number of likely N-dealkylation sites (N-methyl/N-ethyl adjacent to an activating group) is 1. The normalized spacial score (nSPS) is 26.9. The number of aliphatic hydroxyl groups is 3. The van der Waals surface area contributed by atoms with E-state index in [0.29, 0.717) is 40.9 Å². The molecule has 17 heteroatoms. The molecule has 1 amide bonds. The molecule has 282 valence electrons. The average Bonchev–Trinajstić information content (AvgIpc) is 3.84. The summed E-state index contributed by atoms with van der Waals surface area (Å²) in [6, 6.07) is 10.2. The van der Waals surface area contributed by atoms with Gasteiger partial charge in [-0.05, 0) is 76.4 Å². The summed E-state index contributed by atoms with van der Waals surface area (Å²) in [6.07, 6.45) is -0.324. The number of aliphatic hydroxyl groups excluding tert-OH is 1. The molecule has 7 atom stereocenters. The standard InChI is InChI=1S/C35H45N5O10S2/c1-7-40(52(45,46)25-12-13-26-23(17-25)18-36-39-26)19-28(41)27(38-31(42)49-32(3)29-14-15-47-34(29,5)50-35(32,6)44)16-22-8-10-24(11-9-22)48-33(4,43)30-20-51-21(2)37-30/h8-13,17-18,20,27-29,41,43-44H,7,14-16,19H2,1-6H3,(H,36,39)(H,38,42). The van der Waals surface area contributed by atoms with Crippen LogP contribution in [0, 0.1) is 12.8 Å². The summed E-state index contributed by atoms with van der Waals surface area (Å²) >= 11 is 1.39. The first-order chi connectivity index (χ1) is 24.4. The van der Waals surface area contributed by atoms with Crippen LogP contribution < -0.4 is 10.1 Å². The van der Waals surface area contributed by atoms with Crippen LogP contribution in [0.3, 0.4) is 0 Å². The molecule has 6 rings (SSSR count). The van der Waals surface area contributed by atoms with Crippen molar-refractivity contribution in [1.82, 2.24) is 24.8 Å². The summed E-state index contributed by atoms with van der Waals surface area (Å²) in [6.45, 7) is 9.66. The van der Waals surface area contributed by atoms with Crippen LogP contribution in [-0.2, 0) is 36.4 Å². The Balaban J connectivity index is 1.23. The van der Waals surface area contributed by atoms with E-state index >= 15 is 0 Å². The number of carbonyl (C=O) groups is 1. The number of fused-ring (bicyclic) bond motifs is 2. The van der Waals surface area contributed by atoms with E-state index in [2.05, 4.69) is 20.5 Å². The van der Waals surface area contributed by atoms with Gasteiger partial charge in [-0.3, -0.25) is 5.10 Å². The summed E-state index contributed by atoms with van der Waals surface area (Å²) < 4.78 is 52.0. The van der Waals surface area contributed by atoms with Gasteiger partial charge in [-0.1, -0.05) is 19.1 Å². The Hall–Kier alpha value is -3.68. The summed E-state index contributed by atoms with van der Waals surface area (Å²) in [5.41, 5.74) is 0.174. The molecule has 4 heterocycles. The average molecular weight is 760 g/mol. The molecule has 0 radical (unpaired) electrons. The van der Waals surface area contributed by atoms with Crippen molar-refractivity contribution in [3.63, 3.8) is 0 Å². The topological polar surface area (TPSA) is 206 Å². The second-order valence-electron chi connectivity index (χ2n) is 13.9. The van der Waals surface area contributed by atoms with Crippen LogP contribution in [0.4, 0.5) is 4.79 Å². The molecule has 2 aromatic carbocycles. The number of nitrogens with one attached hydrogen (secondary N) is 2. The third-order valence-electron chi connectivity index (χ3n) is 10.1. The molecular formula is C35H45N5O10S2. The second-order valence-corrected chi connectivity index (χ2v) is 16.9. The number of amides is 1. The number of aryl methyl sites for hydroxylation is 1. The maximum Gasteiger partial charge on any atom is 0.408 e. The quantitative estimate of drug-likeness (QED) is 0.124. The predicted octanol–water partition coefficient (Wildman–Crippen LogP) is 3.53. The van der Waals surface area contributed by atoms with Crippen molar-refractivity contribution >= 4 is 38.4 Å². The first kappa shape index (κ1) is 38.1. The van der Waals surface area contributed by atoms with Gasteiger partial charge in [0.05, 0.1) is 46.3 Å². The number of thiazole rings is 1. The summed E-state index contributed by atoms with van der Waals surface area (Å²) in [5, 5.41) is 46.4. The molecule has 0 bridgehead atoms. The van der Waals surface area contributed by atoms with Gasteiger partial charge in [-0.2, -0.15) is 9.40 Å². The lowest BCUT2D eigenvalue weighted by atomic mass is 9.80. The van der Waals surface area contributed by atoms with Crippen molar-refractivity contribution in [3.8, 4) is 5.75 Å². The molecule has 52 heavy (non-hydrogen) atoms. The van der Waals surface area contributed by atoms with E-state index < -0.39 is 57.1 Å². The lowest BCUT2D eigenvalue weighted by Crippen LogP contribution is -2.57. The Morgan fingerprint density at radius 3 is 2.63 bits per heavy atom. The zero-order valence-corrected chi connectivity index (χ0v) is 31.5. The number of benzene rings is 2. The van der Waals surface area contributed by atoms with E-state index in [0.717, 1.165) is 9.31 Å². The minimum Gasteiger partial charge on any atom is -0.457 e. The zero-order valence-electron chi connectivity index (χ0n) is 29.8. The second kappa shape index (κ2) is 13.9. The molecule has 2 saturated heterocycles.